The van der Waals surface area contributed by atoms with E-state index in [4.69, 9.17) is 5.14 Å². The van der Waals surface area contributed by atoms with Crippen LogP contribution in [0.5, 0.6) is 0 Å². The molecule has 0 atom stereocenters. The van der Waals surface area contributed by atoms with E-state index in [9.17, 15) is 8.42 Å². The summed E-state index contributed by atoms with van der Waals surface area (Å²) in [4.78, 5) is 0.156. The lowest BCUT2D eigenvalue weighted by Gasteiger charge is -2.04. The quantitative estimate of drug-likeness (QED) is 0.755. The van der Waals surface area contributed by atoms with Crippen LogP contribution in [0.4, 0.5) is 11.4 Å². The number of nitrogens with one attached hydrogen (secondary N) is 1. The lowest BCUT2D eigenvalue weighted by atomic mass is 10.2. The number of nitrogens with two attached hydrogens (primary N) is 1. The van der Waals surface area contributed by atoms with Crippen molar-refractivity contribution in [1.29, 1.82) is 0 Å². The highest BCUT2D eigenvalue weighted by Crippen LogP contribution is 2.14. The van der Waals surface area contributed by atoms with E-state index in [0.717, 1.165) is 16.9 Å². The first-order valence-electron chi connectivity index (χ1n) is 7.42. The minimum atomic E-state index is -3.52. The number of hydrogen-bond donors (Lipinski definition) is 2. The Kier molecular flexibility index (Phi) is 6.12. The van der Waals surface area contributed by atoms with Crippen molar-refractivity contribution in [3.8, 4) is 0 Å². The fraction of sp³-hybridized carbons (Fsp3) is 0.0526. The average Bonchev–Trinajstić information content (AvgIpc) is 2.57. The van der Waals surface area contributed by atoms with Crippen LogP contribution in [0, 0.1) is 6.92 Å². The van der Waals surface area contributed by atoms with E-state index in [2.05, 4.69) is 5.32 Å². The molecule has 0 bridgehead atoms. The van der Waals surface area contributed by atoms with Gasteiger partial charge in [-0.25, -0.2) is 13.6 Å². The predicted molar refractivity (Wildman–Crippen MR) is 98.7 cm³/mol. The van der Waals surface area contributed by atoms with Crippen LogP contribution in [0.1, 0.15) is 5.56 Å². The second-order valence-corrected chi connectivity index (χ2v) is 6.78. The molecule has 0 unspecified atom stereocenters. The molecule has 0 spiro atoms. The molecule has 0 saturated heterocycles. The normalized spacial score (nSPS) is 10.4. The summed E-state index contributed by atoms with van der Waals surface area (Å²) in [6.45, 7) is 1.88. The van der Waals surface area contributed by atoms with Crippen molar-refractivity contribution in [2.75, 3.05) is 5.32 Å². The number of para-hydroxylation sites is 2. The third kappa shape index (κ3) is 5.87. The molecule has 124 valence electrons. The van der Waals surface area contributed by atoms with Crippen LogP contribution in [-0.2, 0) is 10.0 Å². The largest absolute Gasteiger partial charge is 0.356 e. The molecular weight excluding hydrogens is 320 g/mol. The molecule has 0 aliphatic carbocycles. The summed E-state index contributed by atoms with van der Waals surface area (Å²) < 4.78 is 21.4. The van der Waals surface area contributed by atoms with Crippen molar-refractivity contribution in [2.24, 2.45) is 5.14 Å². The molecule has 3 rings (SSSR count). The van der Waals surface area contributed by atoms with E-state index < -0.39 is 10.0 Å². The van der Waals surface area contributed by atoms with Crippen molar-refractivity contribution in [3.05, 3.63) is 90.5 Å². The molecule has 0 fully saturated rings. The van der Waals surface area contributed by atoms with Gasteiger partial charge in [-0.3, -0.25) is 0 Å². The van der Waals surface area contributed by atoms with Crippen molar-refractivity contribution >= 4 is 21.4 Å². The molecule has 0 amide bonds. The molecule has 3 N–H and O–H groups in total. The minimum Gasteiger partial charge on any atom is -0.356 e. The smallest absolute Gasteiger partial charge is 0.238 e. The fourth-order valence-corrected chi connectivity index (χ4v) is 2.45. The summed E-state index contributed by atoms with van der Waals surface area (Å²) in [7, 11) is -3.52. The van der Waals surface area contributed by atoms with Gasteiger partial charge in [-0.1, -0.05) is 54.1 Å². The first-order valence-corrected chi connectivity index (χ1v) is 8.96. The van der Waals surface area contributed by atoms with E-state index in [-0.39, 0.29) is 4.90 Å². The predicted octanol–water partition coefficient (Wildman–Crippen LogP) is 4.07. The average molecular weight is 340 g/mol. The van der Waals surface area contributed by atoms with Crippen LogP contribution in [-0.4, -0.2) is 8.42 Å². The van der Waals surface area contributed by atoms with Gasteiger partial charge in [-0.15, -0.1) is 0 Å². The van der Waals surface area contributed by atoms with Gasteiger partial charge < -0.3 is 5.32 Å². The monoisotopic (exact) mass is 340 g/mol. The van der Waals surface area contributed by atoms with Crippen LogP contribution in [0.3, 0.4) is 0 Å². The van der Waals surface area contributed by atoms with Crippen LogP contribution in [0.15, 0.2) is 89.8 Å². The van der Waals surface area contributed by atoms with Crippen molar-refractivity contribution in [1.82, 2.24) is 0 Å². The lowest BCUT2D eigenvalue weighted by Crippen LogP contribution is -2.11. The van der Waals surface area contributed by atoms with E-state index >= 15 is 0 Å². The standard InChI is InChI=1S/C12H11N.C7H9NO2S/c1-3-7-11(8-4-1)13-12-9-5-2-6-10-12;1-6-2-4-7(5-3-6)11(8,9)10/h1-10,13H;2-5H,1H3,(H2,8,9,10). The van der Waals surface area contributed by atoms with Gasteiger partial charge in [0.25, 0.3) is 0 Å². The van der Waals surface area contributed by atoms with Gasteiger partial charge in [-0.05, 0) is 43.3 Å². The maximum atomic E-state index is 10.7. The number of benzene rings is 3. The first kappa shape index (κ1) is 17.7. The molecular formula is C19H20N2O2S. The molecule has 0 aliphatic rings. The SMILES string of the molecule is Cc1ccc(S(N)(=O)=O)cc1.c1ccc(Nc2ccccc2)cc1. The molecule has 3 aromatic carbocycles. The Morgan fingerprint density at radius 3 is 1.50 bits per heavy atom. The number of sulfonamides is 1. The van der Waals surface area contributed by atoms with Crippen molar-refractivity contribution in [3.63, 3.8) is 0 Å². The first-order chi connectivity index (χ1) is 11.4. The fourth-order valence-electron chi connectivity index (χ4n) is 1.94. The number of aryl methyl sites for hydroxylation is 1. The van der Waals surface area contributed by atoms with E-state index in [1.54, 1.807) is 12.1 Å². The Labute approximate surface area is 143 Å². The summed E-state index contributed by atoms with van der Waals surface area (Å²) in [6.07, 6.45) is 0. The van der Waals surface area contributed by atoms with Crippen LogP contribution >= 0.6 is 0 Å². The van der Waals surface area contributed by atoms with Crippen LogP contribution in [0.25, 0.3) is 0 Å². The molecule has 0 aromatic heterocycles. The van der Waals surface area contributed by atoms with Gasteiger partial charge in [0.2, 0.25) is 10.0 Å². The van der Waals surface area contributed by atoms with Crippen molar-refractivity contribution in [2.45, 2.75) is 11.8 Å². The zero-order valence-corrected chi connectivity index (χ0v) is 14.2. The number of anilines is 2. The van der Waals surface area contributed by atoms with E-state index in [1.165, 1.54) is 12.1 Å². The van der Waals surface area contributed by atoms with Gasteiger partial charge in [0.1, 0.15) is 0 Å². The molecule has 5 heteroatoms. The Morgan fingerprint density at radius 1 is 0.708 bits per heavy atom. The third-order valence-corrected chi connectivity index (χ3v) is 4.12. The van der Waals surface area contributed by atoms with Gasteiger partial charge in [0.15, 0.2) is 0 Å². The van der Waals surface area contributed by atoms with Gasteiger partial charge in [-0.2, -0.15) is 0 Å². The van der Waals surface area contributed by atoms with E-state index in [0.29, 0.717) is 0 Å². The number of hydrogen-bond acceptors (Lipinski definition) is 3. The Morgan fingerprint density at radius 2 is 1.12 bits per heavy atom. The number of rotatable bonds is 3. The zero-order valence-electron chi connectivity index (χ0n) is 13.4. The summed E-state index contributed by atoms with van der Waals surface area (Å²) in [6, 6.07) is 26.7. The summed E-state index contributed by atoms with van der Waals surface area (Å²) in [5.74, 6) is 0. The molecule has 0 aliphatic heterocycles. The van der Waals surface area contributed by atoms with Gasteiger partial charge >= 0.3 is 0 Å². The summed E-state index contributed by atoms with van der Waals surface area (Å²) in [5.41, 5.74) is 3.25. The molecule has 0 heterocycles. The highest BCUT2D eigenvalue weighted by molar-refractivity contribution is 7.89. The second kappa shape index (κ2) is 8.29. The lowest BCUT2D eigenvalue weighted by molar-refractivity contribution is 0.598. The molecule has 0 radical (unpaired) electrons. The van der Waals surface area contributed by atoms with Crippen LogP contribution in [0.2, 0.25) is 0 Å². The van der Waals surface area contributed by atoms with E-state index in [1.807, 2.05) is 67.6 Å². The molecule has 4 nitrogen and oxygen atoms in total. The van der Waals surface area contributed by atoms with Crippen molar-refractivity contribution < 1.29 is 8.42 Å². The van der Waals surface area contributed by atoms with Crippen LogP contribution < -0.4 is 10.5 Å². The zero-order chi connectivity index (χ0) is 17.4. The highest BCUT2D eigenvalue weighted by Gasteiger charge is 2.04. The molecule has 3 aromatic rings. The van der Waals surface area contributed by atoms with Gasteiger partial charge in [0.05, 0.1) is 4.90 Å². The Hall–Kier alpha value is -2.63. The Bertz CT molecular complexity index is 809. The summed E-state index contributed by atoms with van der Waals surface area (Å²) in [5, 5.41) is 8.18. The third-order valence-electron chi connectivity index (χ3n) is 3.19. The highest BCUT2D eigenvalue weighted by atomic mass is 32.2. The molecule has 24 heavy (non-hydrogen) atoms. The maximum absolute atomic E-state index is 10.7. The Balaban J connectivity index is 0.000000177. The topological polar surface area (TPSA) is 72.2 Å². The molecule has 0 saturated carbocycles. The summed E-state index contributed by atoms with van der Waals surface area (Å²) >= 11 is 0. The minimum absolute atomic E-state index is 0.156. The number of primary sulfonamides is 1. The van der Waals surface area contributed by atoms with Gasteiger partial charge in [0, 0.05) is 11.4 Å². The second-order valence-electron chi connectivity index (χ2n) is 5.22. The maximum Gasteiger partial charge on any atom is 0.238 e.